The fourth-order valence-electron chi connectivity index (χ4n) is 2.28. The predicted octanol–water partition coefficient (Wildman–Crippen LogP) is 3.40. The fraction of sp³-hybridized carbons (Fsp3) is 0.211. The number of benzene rings is 2. The van der Waals surface area contributed by atoms with Crippen LogP contribution in [0.4, 0.5) is 5.69 Å². The Morgan fingerprint density at radius 1 is 1.17 bits per heavy atom. The van der Waals surface area contributed by atoms with E-state index in [2.05, 4.69) is 5.32 Å². The van der Waals surface area contributed by atoms with E-state index in [1.807, 2.05) is 55.5 Å². The van der Waals surface area contributed by atoms with Crippen LogP contribution in [-0.4, -0.2) is 19.1 Å². The third kappa shape index (κ3) is 4.07. The molecule has 0 aromatic heterocycles. The largest absolute Gasteiger partial charge is 0.494 e. The second-order valence-electron chi connectivity index (χ2n) is 5.41. The number of ether oxygens (including phenoxy) is 3. The maximum Gasteiger partial charge on any atom is 0.294 e. The van der Waals surface area contributed by atoms with Crippen LogP contribution in [0.1, 0.15) is 11.1 Å². The van der Waals surface area contributed by atoms with E-state index < -0.39 is 0 Å². The Hall–Kier alpha value is -2.95. The summed E-state index contributed by atoms with van der Waals surface area (Å²) in [5.74, 6) is 0.617. The van der Waals surface area contributed by atoms with Gasteiger partial charge in [-0.3, -0.25) is 4.79 Å². The lowest BCUT2D eigenvalue weighted by Crippen LogP contribution is -2.21. The van der Waals surface area contributed by atoms with E-state index in [4.69, 9.17) is 14.2 Å². The molecule has 1 amide bonds. The standard InChI is InChI=1S/C19H19NO4/c1-14-11-16(24-12-15-5-3-2-4-6-15)7-8-17(14)20-19(21)18-13-22-9-10-23-18/h2-8,11,13H,9-10,12H2,1H3,(H,20,21). The number of hydrogen-bond donors (Lipinski definition) is 1. The highest BCUT2D eigenvalue weighted by Gasteiger charge is 2.16. The number of amides is 1. The number of hydrogen-bond acceptors (Lipinski definition) is 4. The molecule has 1 aliphatic heterocycles. The highest BCUT2D eigenvalue weighted by molar-refractivity contribution is 6.02. The van der Waals surface area contributed by atoms with Gasteiger partial charge in [0.2, 0.25) is 5.76 Å². The average Bonchev–Trinajstić information content (AvgIpc) is 2.63. The molecule has 0 atom stereocenters. The summed E-state index contributed by atoms with van der Waals surface area (Å²) in [4.78, 5) is 12.1. The van der Waals surface area contributed by atoms with E-state index in [1.165, 1.54) is 6.26 Å². The van der Waals surface area contributed by atoms with Gasteiger partial charge >= 0.3 is 0 Å². The van der Waals surface area contributed by atoms with Crippen LogP contribution in [0.15, 0.2) is 60.6 Å². The maximum absolute atomic E-state index is 12.1. The van der Waals surface area contributed by atoms with Crippen molar-refractivity contribution in [2.24, 2.45) is 0 Å². The van der Waals surface area contributed by atoms with Crippen LogP contribution in [0.25, 0.3) is 0 Å². The van der Waals surface area contributed by atoms with Gasteiger partial charge in [0, 0.05) is 5.69 Å². The lowest BCUT2D eigenvalue weighted by molar-refractivity contribution is -0.117. The zero-order chi connectivity index (χ0) is 16.8. The van der Waals surface area contributed by atoms with Crippen molar-refractivity contribution >= 4 is 11.6 Å². The lowest BCUT2D eigenvalue weighted by atomic mass is 10.2. The summed E-state index contributed by atoms with van der Waals surface area (Å²) in [6.07, 6.45) is 1.34. The topological polar surface area (TPSA) is 56.8 Å². The van der Waals surface area contributed by atoms with Crippen LogP contribution in [0.3, 0.4) is 0 Å². The first-order valence-corrected chi connectivity index (χ1v) is 7.76. The predicted molar refractivity (Wildman–Crippen MR) is 90.6 cm³/mol. The second kappa shape index (κ2) is 7.55. The molecule has 0 spiro atoms. The van der Waals surface area contributed by atoms with Crippen LogP contribution in [0, 0.1) is 6.92 Å². The van der Waals surface area contributed by atoms with Crippen LogP contribution in [-0.2, 0) is 20.9 Å². The molecule has 0 bridgehead atoms. The minimum absolute atomic E-state index is 0.185. The number of carbonyl (C=O) groups is 1. The first-order valence-electron chi connectivity index (χ1n) is 7.76. The van der Waals surface area contributed by atoms with E-state index in [9.17, 15) is 4.79 Å². The van der Waals surface area contributed by atoms with Crippen LogP contribution in [0.2, 0.25) is 0 Å². The summed E-state index contributed by atoms with van der Waals surface area (Å²) in [7, 11) is 0. The molecule has 0 saturated carbocycles. The molecule has 0 saturated heterocycles. The summed E-state index contributed by atoms with van der Waals surface area (Å²) < 4.78 is 16.1. The monoisotopic (exact) mass is 325 g/mol. The molecule has 0 radical (unpaired) electrons. The number of anilines is 1. The Bertz CT molecular complexity index is 740. The van der Waals surface area contributed by atoms with E-state index >= 15 is 0 Å². The molecule has 2 aromatic carbocycles. The molecule has 2 aromatic rings. The zero-order valence-electron chi connectivity index (χ0n) is 13.5. The van der Waals surface area contributed by atoms with Gasteiger partial charge in [-0.2, -0.15) is 0 Å². The number of aryl methyl sites for hydroxylation is 1. The van der Waals surface area contributed by atoms with Gasteiger partial charge in [-0.15, -0.1) is 0 Å². The summed E-state index contributed by atoms with van der Waals surface area (Å²) in [5.41, 5.74) is 2.72. The van der Waals surface area contributed by atoms with Crippen LogP contribution in [0.5, 0.6) is 5.75 Å². The Kier molecular flexibility index (Phi) is 5.01. The van der Waals surface area contributed by atoms with Crippen molar-refractivity contribution < 1.29 is 19.0 Å². The molecule has 5 nitrogen and oxygen atoms in total. The van der Waals surface area contributed by atoms with E-state index in [-0.39, 0.29) is 11.7 Å². The molecule has 0 fully saturated rings. The summed E-state index contributed by atoms with van der Waals surface area (Å²) in [6.45, 7) is 3.26. The Morgan fingerprint density at radius 2 is 2.00 bits per heavy atom. The molecular formula is C19H19NO4. The maximum atomic E-state index is 12.1. The van der Waals surface area contributed by atoms with Gasteiger partial charge in [0.15, 0.2) is 0 Å². The van der Waals surface area contributed by atoms with Gasteiger partial charge in [-0.05, 0) is 36.2 Å². The van der Waals surface area contributed by atoms with Gasteiger partial charge in [0.25, 0.3) is 5.91 Å². The molecule has 1 aliphatic rings. The number of nitrogens with one attached hydrogen (secondary N) is 1. The van der Waals surface area contributed by atoms with Crippen LogP contribution < -0.4 is 10.1 Å². The molecule has 1 N–H and O–H groups in total. The molecule has 5 heteroatoms. The van der Waals surface area contributed by atoms with Crippen LogP contribution >= 0.6 is 0 Å². The third-order valence-corrected chi connectivity index (χ3v) is 3.57. The van der Waals surface area contributed by atoms with Gasteiger partial charge in [-0.25, -0.2) is 0 Å². The highest BCUT2D eigenvalue weighted by atomic mass is 16.6. The molecule has 1 heterocycles. The first kappa shape index (κ1) is 15.9. The number of carbonyl (C=O) groups excluding carboxylic acids is 1. The Labute approximate surface area is 140 Å². The van der Waals surface area contributed by atoms with Gasteiger partial charge < -0.3 is 19.5 Å². The Morgan fingerprint density at radius 3 is 2.71 bits per heavy atom. The molecule has 124 valence electrons. The molecular weight excluding hydrogens is 306 g/mol. The highest BCUT2D eigenvalue weighted by Crippen LogP contribution is 2.23. The minimum atomic E-state index is -0.323. The van der Waals surface area contributed by atoms with E-state index in [0.29, 0.717) is 25.5 Å². The first-order chi connectivity index (χ1) is 11.7. The summed E-state index contributed by atoms with van der Waals surface area (Å²) >= 11 is 0. The fourth-order valence-corrected chi connectivity index (χ4v) is 2.28. The normalized spacial score (nSPS) is 13.3. The lowest BCUT2D eigenvalue weighted by Gasteiger charge is -2.16. The summed E-state index contributed by atoms with van der Waals surface area (Å²) in [6, 6.07) is 15.5. The Balaban J connectivity index is 1.62. The van der Waals surface area contributed by atoms with Crippen molar-refractivity contribution in [1.29, 1.82) is 0 Å². The van der Waals surface area contributed by atoms with Gasteiger partial charge in [0.1, 0.15) is 31.8 Å². The van der Waals surface area contributed by atoms with E-state index in [1.54, 1.807) is 0 Å². The average molecular weight is 325 g/mol. The number of rotatable bonds is 5. The molecule has 3 rings (SSSR count). The van der Waals surface area contributed by atoms with Crippen molar-refractivity contribution in [3.05, 3.63) is 71.7 Å². The minimum Gasteiger partial charge on any atom is -0.494 e. The SMILES string of the molecule is Cc1cc(OCc2ccccc2)ccc1NC(=O)C1=COCCO1. The van der Waals surface area contributed by atoms with Gasteiger partial charge in [-0.1, -0.05) is 30.3 Å². The van der Waals surface area contributed by atoms with Crippen molar-refractivity contribution in [2.75, 3.05) is 18.5 Å². The quantitative estimate of drug-likeness (QED) is 0.915. The van der Waals surface area contributed by atoms with Crippen molar-refractivity contribution in [3.8, 4) is 5.75 Å². The van der Waals surface area contributed by atoms with Crippen molar-refractivity contribution in [3.63, 3.8) is 0 Å². The van der Waals surface area contributed by atoms with E-state index in [0.717, 1.165) is 16.9 Å². The van der Waals surface area contributed by atoms with Gasteiger partial charge in [0.05, 0.1) is 0 Å². The molecule has 0 aliphatic carbocycles. The summed E-state index contributed by atoms with van der Waals surface area (Å²) in [5, 5.41) is 2.81. The molecule has 24 heavy (non-hydrogen) atoms. The van der Waals surface area contributed by atoms with Crippen molar-refractivity contribution in [1.82, 2.24) is 0 Å². The third-order valence-electron chi connectivity index (χ3n) is 3.57. The second-order valence-corrected chi connectivity index (χ2v) is 5.41. The zero-order valence-corrected chi connectivity index (χ0v) is 13.5. The van der Waals surface area contributed by atoms with Crippen molar-refractivity contribution in [2.45, 2.75) is 13.5 Å². The smallest absolute Gasteiger partial charge is 0.294 e. The molecule has 0 unspecified atom stereocenters.